The first kappa shape index (κ1) is 21.8. The SMILES string of the molecule is CCOC(=O)c1ccccc1NC(=O)CSCC(=O)Nc1ccc(Cl)cc1C. The largest absolute Gasteiger partial charge is 0.462 e. The quantitative estimate of drug-likeness (QED) is 0.627. The van der Waals surface area contributed by atoms with E-state index in [1.54, 1.807) is 49.4 Å². The molecule has 28 heavy (non-hydrogen) atoms. The summed E-state index contributed by atoms with van der Waals surface area (Å²) in [6.07, 6.45) is 0. The molecule has 2 aromatic rings. The maximum atomic E-state index is 12.1. The van der Waals surface area contributed by atoms with Gasteiger partial charge in [-0.3, -0.25) is 9.59 Å². The van der Waals surface area contributed by atoms with Crippen molar-refractivity contribution >= 4 is 52.5 Å². The van der Waals surface area contributed by atoms with Gasteiger partial charge in [0.2, 0.25) is 11.8 Å². The van der Waals surface area contributed by atoms with Crippen LogP contribution in [0.25, 0.3) is 0 Å². The van der Waals surface area contributed by atoms with Crippen molar-refractivity contribution in [2.45, 2.75) is 13.8 Å². The molecule has 6 nitrogen and oxygen atoms in total. The standard InChI is InChI=1S/C20H21ClN2O4S/c1-3-27-20(26)15-6-4-5-7-17(15)23-19(25)12-28-11-18(24)22-16-9-8-14(21)10-13(16)2/h4-10H,3,11-12H2,1-2H3,(H,22,24)(H,23,25). The van der Waals surface area contributed by atoms with Gasteiger partial charge in [0, 0.05) is 10.7 Å². The minimum absolute atomic E-state index is 0.0736. The summed E-state index contributed by atoms with van der Waals surface area (Å²) >= 11 is 7.07. The van der Waals surface area contributed by atoms with Gasteiger partial charge >= 0.3 is 5.97 Å². The second-order valence-corrected chi connectivity index (χ2v) is 7.24. The zero-order chi connectivity index (χ0) is 20.5. The van der Waals surface area contributed by atoms with Crippen molar-refractivity contribution in [3.63, 3.8) is 0 Å². The number of esters is 1. The molecule has 0 bridgehead atoms. The van der Waals surface area contributed by atoms with Crippen LogP contribution in [-0.2, 0) is 14.3 Å². The molecule has 0 fully saturated rings. The van der Waals surface area contributed by atoms with Crippen molar-refractivity contribution in [2.75, 3.05) is 28.7 Å². The number of ether oxygens (including phenoxy) is 1. The number of hydrogen-bond acceptors (Lipinski definition) is 5. The number of halogens is 1. The minimum Gasteiger partial charge on any atom is -0.462 e. The average molecular weight is 421 g/mol. The van der Waals surface area contributed by atoms with Crippen LogP contribution >= 0.6 is 23.4 Å². The predicted molar refractivity (Wildman–Crippen MR) is 113 cm³/mol. The Balaban J connectivity index is 1.83. The highest BCUT2D eigenvalue weighted by atomic mass is 35.5. The molecule has 2 rings (SSSR count). The predicted octanol–water partition coefficient (Wildman–Crippen LogP) is 4.14. The molecule has 148 valence electrons. The Morgan fingerprint density at radius 1 is 1.00 bits per heavy atom. The number of benzene rings is 2. The molecule has 0 saturated carbocycles. The van der Waals surface area contributed by atoms with Crippen LogP contribution in [0.5, 0.6) is 0 Å². The Morgan fingerprint density at radius 3 is 2.29 bits per heavy atom. The molecule has 0 aliphatic carbocycles. The fourth-order valence-corrected chi connectivity index (χ4v) is 3.20. The molecule has 0 unspecified atom stereocenters. The van der Waals surface area contributed by atoms with Gasteiger partial charge in [-0.1, -0.05) is 23.7 Å². The number of hydrogen-bond donors (Lipinski definition) is 2. The zero-order valence-corrected chi connectivity index (χ0v) is 17.2. The first-order valence-electron chi connectivity index (χ1n) is 8.60. The monoisotopic (exact) mass is 420 g/mol. The van der Waals surface area contributed by atoms with Gasteiger partial charge in [0.1, 0.15) is 0 Å². The van der Waals surface area contributed by atoms with E-state index in [0.29, 0.717) is 22.0 Å². The van der Waals surface area contributed by atoms with Crippen molar-refractivity contribution in [1.82, 2.24) is 0 Å². The Kier molecular flexibility index (Phi) is 8.35. The minimum atomic E-state index is -0.497. The van der Waals surface area contributed by atoms with Crippen LogP contribution in [0.15, 0.2) is 42.5 Å². The molecule has 2 aromatic carbocycles. The van der Waals surface area contributed by atoms with E-state index in [0.717, 1.165) is 5.56 Å². The number of thioether (sulfide) groups is 1. The summed E-state index contributed by atoms with van der Waals surface area (Å²) < 4.78 is 4.98. The van der Waals surface area contributed by atoms with Crippen LogP contribution in [-0.4, -0.2) is 35.9 Å². The van der Waals surface area contributed by atoms with Crippen molar-refractivity contribution < 1.29 is 19.1 Å². The molecule has 0 aliphatic heterocycles. The average Bonchev–Trinajstić information content (AvgIpc) is 2.64. The molecule has 0 atom stereocenters. The molecule has 8 heteroatoms. The number of anilines is 2. The van der Waals surface area contributed by atoms with Crippen molar-refractivity contribution in [3.8, 4) is 0 Å². The van der Waals surface area contributed by atoms with Crippen molar-refractivity contribution in [3.05, 3.63) is 58.6 Å². The van der Waals surface area contributed by atoms with Crippen LogP contribution in [0, 0.1) is 6.92 Å². The van der Waals surface area contributed by atoms with Crippen LogP contribution < -0.4 is 10.6 Å². The third-order valence-electron chi connectivity index (χ3n) is 3.63. The van der Waals surface area contributed by atoms with E-state index < -0.39 is 5.97 Å². The summed E-state index contributed by atoms with van der Waals surface area (Å²) in [5.41, 5.74) is 2.22. The molecule has 2 N–H and O–H groups in total. The number of para-hydroxylation sites is 1. The van der Waals surface area contributed by atoms with E-state index in [9.17, 15) is 14.4 Å². The fourth-order valence-electron chi connectivity index (χ4n) is 2.36. The molecule has 0 heterocycles. The Morgan fingerprint density at radius 2 is 1.64 bits per heavy atom. The van der Waals surface area contributed by atoms with Crippen molar-refractivity contribution in [1.29, 1.82) is 0 Å². The van der Waals surface area contributed by atoms with E-state index in [4.69, 9.17) is 16.3 Å². The first-order valence-corrected chi connectivity index (χ1v) is 10.1. The van der Waals surface area contributed by atoms with E-state index in [1.807, 2.05) is 6.92 Å². The summed E-state index contributed by atoms with van der Waals surface area (Å²) in [6, 6.07) is 11.8. The summed E-state index contributed by atoms with van der Waals surface area (Å²) in [5, 5.41) is 6.07. The zero-order valence-electron chi connectivity index (χ0n) is 15.6. The third kappa shape index (κ3) is 6.58. The number of carbonyl (C=O) groups excluding carboxylic acids is 3. The Labute approximate surface area is 173 Å². The summed E-state index contributed by atoms with van der Waals surface area (Å²) in [5.74, 6) is -0.824. The topological polar surface area (TPSA) is 84.5 Å². The van der Waals surface area contributed by atoms with Crippen molar-refractivity contribution in [2.24, 2.45) is 0 Å². The fraction of sp³-hybridized carbons (Fsp3) is 0.250. The maximum Gasteiger partial charge on any atom is 0.340 e. The summed E-state index contributed by atoms with van der Waals surface area (Å²) in [4.78, 5) is 36.1. The molecule has 0 aliphatic rings. The molecule has 0 saturated heterocycles. The molecular weight excluding hydrogens is 400 g/mol. The van der Waals surface area contributed by atoms with Gasteiger partial charge in [-0.2, -0.15) is 0 Å². The third-order valence-corrected chi connectivity index (χ3v) is 4.79. The number of carbonyl (C=O) groups is 3. The smallest absolute Gasteiger partial charge is 0.340 e. The molecular formula is C20H21ClN2O4S. The second kappa shape index (κ2) is 10.7. The van der Waals surface area contributed by atoms with E-state index in [2.05, 4.69) is 10.6 Å². The highest BCUT2D eigenvalue weighted by Gasteiger charge is 2.14. The van der Waals surface area contributed by atoms with Gasteiger partial charge in [0.25, 0.3) is 0 Å². The highest BCUT2D eigenvalue weighted by Crippen LogP contribution is 2.20. The van der Waals surface area contributed by atoms with Crippen LogP contribution in [0.2, 0.25) is 5.02 Å². The highest BCUT2D eigenvalue weighted by molar-refractivity contribution is 8.00. The van der Waals surface area contributed by atoms with E-state index in [-0.39, 0.29) is 29.9 Å². The van der Waals surface area contributed by atoms with E-state index in [1.165, 1.54) is 11.8 Å². The van der Waals surface area contributed by atoms with Gasteiger partial charge < -0.3 is 15.4 Å². The van der Waals surface area contributed by atoms with Gasteiger partial charge in [-0.25, -0.2) is 4.79 Å². The normalized spacial score (nSPS) is 10.2. The lowest BCUT2D eigenvalue weighted by molar-refractivity contribution is -0.114. The Hall–Kier alpha value is -2.51. The summed E-state index contributed by atoms with van der Waals surface area (Å²) in [7, 11) is 0. The van der Waals surface area contributed by atoms with Gasteiger partial charge in [-0.05, 0) is 49.7 Å². The Bertz CT molecular complexity index is 873. The number of aryl methyl sites for hydroxylation is 1. The van der Waals surface area contributed by atoms with Crippen LogP contribution in [0.1, 0.15) is 22.8 Å². The molecule has 0 aromatic heterocycles. The molecule has 0 spiro atoms. The number of amides is 2. The molecule has 0 radical (unpaired) electrons. The van der Waals surface area contributed by atoms with Gasteiger partial charge in [0.15, 0.2) is 0 Å². The number of rotatable bonds is 8. The summed E-state index contributed by atoms with van der Waals surface area (Å²) in [6.45, 7) is 3.81. The second-order valence-electron chi connectivity index (χ2n) is 5.81. The van der Waals surface area contributed by atoms with Crippen LogP contribution in [0.3, 0.4) is 0 Å². The van der Waals surface area contributed by atoms with Gasteiger partial charge in [-0.15, -0.1) is 11.8 Å². The lowest BCUT2D eigenvalue weighted by Gasteiger charge is -2.11. The van der Waals surface area contributed by atoms with E-state index >= 15 is 0 Å². The molecule has 2 amide bonds. The van der Waals surface area contributed by atoms with Gasteiger partial charge in [0.05, 0.1) is 29.4 Å². The first-order chi connectivity index (χ1) is 13.4. The van der Waals surface area contributed by atoms with Crippen LogP contribution in [0.4, 0.5) is 11.4 Å². The lowest BCUT2D eigenvalue weighted by Crippen LogP contribution is -2.20. The number of nitrogens with one attached hydrogen (secondary N) is 2. The maximum absolute atomic E-state index is 12.1. The lowest BCUT2D eigenvalue weighted by atomic mass is 10.2.